The van der Waals surface area contributed by atoms with E-state index < -0.39 is 14.4 Å². The summed E-state index contributed by atoms with van der Waals surface area (Å²) in [6, 6.07) is 0. The van der Waals surface area contributed by atoms with E-state index in [-0.39, 0.29) is 11.5 Å². The van der Waals surface area contributed by atoms with Crippen LogP contribution in [0.4, 0.5) is 3.89 Å². The molecule has 0 aliphatic heterocycles. The third kappa shape index (κ3) is 1.92. The lowest BCUT2D eigenvalue weighted by molar-refractivity contribution is 0.351. The Morgan fingerprint density at radius 1 is 1.38 bits per heavy atom. The second-order valence-corrected chi connectivity index (χ2v) is 4.48. The molecule has 0 aromatic carbocycles. The van der Waals surface area contributed by atoms with Crippen molar-refractivity contribution in [3.63, 3.8) is 0 Å². The van der Waals surface area contributed by atoms with Crippen LogP contribution in [0.15, 0.2) is 9.59 Å². The topological polar surface area (TPSA) is 52.6 Å². The number of ether oxygens (including phenoxy) is 2. The number of hydrogen-bond acceptors (Lipinski definition) is 5. The lowest BCUT2D eigenvalue weighted by atomic mass is 10.5. The molecular formula is C6H7FO4S2. The number of halogens is 1. The van der Waals surface area contributed by atoms with Crippen molar-refractivity contribution in [2.45, 2.75) is 4.21 Å². The molecule has 74 valence electrons. The molecule has 0 aliphatic carbocycles. The maximum atomic E-state index is 12.6. The maximum absolute atomic E-state index is 12.6. The molecule has 1 rings (SSSR count). The molecule has 1 aromatic heterocycles. The highest BCUT2D eigenvalue weighted by molar-refractivity contribution is 7.88. The fourth-order valence-corrected chi connectivity index (χ4v) is 2.53. The van der Waals surface area contributed by atoms with Crippen LogP contribution < -0.4 is 9.47 Å². The Balaban J connectivity index is 3.32. The van der Waals surface area contributed by atoms with Gasteiger partial charge < -0.3 is 9.47 Å². The quantitative estimate of drug-likeness (QED) is 0.731. The normalized spacial score (nSPS) is 11.3. The van der Waals surface area contributed by atoms with Gasteiger partial charge in [0.15, 0.2) is 15.7 Å². The van der Waals surface area contributed by atoms with Crippen LogP contribution in [0.25, 0.3) is 0 Å². The first-order valence-corrected chi connectivity index (χ1v) is 5.41. The van der Waals surface area contributed by atoms with Gasteiger partial charge >= 0.3 is 10.2 Å². The summed E-state index contributed by atoms with van der Waals surface area (Å²) in [6.07, 6.45) is 0. The molecule has 0 N–H and O–H groups in total. The Hall–Kier alpha value is -0.820. The SMILES string of the molecule is COc1csc(S(=O)(=O)F)c1OC. The average molecular weight is 226 g/mol. The number of thiophene rings is 1. The maximum Gasteiger partial charge on any atom is 0.345 e. The van der Waals surface area contributed by atoms with E-state index in [1.807, 2.05) is 0 Å². The molecule has 0 aliphatic rings. The number of methoxy groups -OCH3 is 2. The van der Waals surface area contributed by atoms with Gasteiger partial charge in [-0.25, -0.2) is 0 Å². The molecule has 1 heterocycles. The lowest BCUT2D eigenvalue weighted by Gasteiger charge is -2.01. The zero-order valence-corrected chi connectivity index (χ0v) is 8.54. The molecule has 0 saturated heterocycles. The highest BCUT2D eigenvalue weighted by atomic mass is 32.3. The zero-order valence-electron chi connectivity index (χ0n) is 6.90. The van der Waals surface area contributed by atoms with Crippen molar-refractivity contribution in [3.05, 3.63) is 5.38 Å². The first kappa shape index (κ1) is 10.3. The predicted molar refractivity (Wildman–Crippen MR) is 45.7 cm³/mol. The molecule has 7 heteroatoms. The Morgan fingerprint density at radius 3 is 2.38 bits per heavy atom. The molecular weight excluding hydrogens is 219 g/mol. The molecule has 0 saturated carbocycles. The summed E-state index contributed by atoms with van der Waals surface area (Å²) in [5.74, 6) is 0.124. The van der Waals surface area contributed by atoms with E-state index in [2.05, 4.69) is 0 Å². The fourth-order valence-electron chi connectivity index (χ4n) is 0.808. The summed E-state index contributed by atoms with van der Waals surface area (Å²) in [5.41, 5.74) is 0. The van der Waals surface area contributed by atoms with Crippen LogP contribution in [0.2, 0.25) is 0 Å². The Morgan fingerprint density at radius 2 is 2.00 bits per heavy atom. The first-order chi connectivity index (χ1) is 6.00. The van der Waals surface area contributed by atoms with E-state index in [9.17, 15) is 12.3 Å². The van der Waals surface area contributed by atoms with Crippen LogP contribution in [0.1, 0.15) is 0 Å². The molecule has 0 atom stereocenters. The van der Waals surface area contributed by atoms with Crippen molar-refractivity contribution in [3.8, 4) is 11.5 Å². The Bertz CT molecular complexity index is 395. The standard InChI is InChI=1S/C6H7FO4S2/c1-10-4-3-12-6(5(4)11-2)13(7,8)9/h3H,1-2H3. The van der Waals surface area contributed by atoms with Gasteiger partial charge in [0.2, 0.25) is 0 Å². The molecule has 0 unspecified atom stereocenters. The number of rotatable bonds is 3. The summed E-state index contributed by atoms with van der Waals surface area (Å²) in [7, 11) is -2.13. The van der Waals surface area contributed by atoms with Crippen molar-refractivity contribution >= 4 is 21.6 Å². The Labute approximate surface area is 79.1 Å². The highest BCUT2D eigenvalue weighted by Crippen LogP contribution is 2.40. The van der Waals surface area contributed by atoms with E-state index >= 15 is 0 Å². The van der Waals surface area contributed by atoms with Gasteiger partial charge in [0, 0.05) is 5.38 Å². The van der Waals surface area contributed by atoms with Crippen molar-refractivity contribution in [1.82, 2.24) is 0 Å². The van der Waals surface area contributed by atoms with E-state index in [1.54, 1.807) is 0 Å². The van der Waals surface area contributed by atoms with E-state index in [0.29, 0.717) is 0 Å². The van der Waals surface area contributed by atoms with Gasteiger partial charge in [-0.1, -0.05) is 3.89 Å². The van der Waals surface area contributed by atoms with Gasteiger partial charge in [0.25, 0.3) is 0 Å². The minimum absolute atomic E-state index is 0.0880. The van der Waals surface area contributed by atoms with Gasteiger partial charge in [0.1, 0.15) is 0 Å². The van der Waals surface area contributed by atoms with Crippen LogP contribution in [-0.4, -0.2) is 22.6 Å². The molecule has 1 aromatic rings. The second-order valence-electron chi connectivity index (χ2n) is 2.06. The third-order valence-electron chi connectivity index (χ3n) is 1.33. The summed E-state index contributed by atoms with van der Waals surface area (Å²) in [6.45, 7) is 0. The van der Waals surface area contributed by atoms with Crippen LogP contribution in [-0.2, 0) is 10.2 Å². The van der Waals surface area contributed by atoms with E-state index in [4.69, 9.17) is 9.47 Å². The van der Waals surface area contributed by atoms with Crippen LogP contribution in [0.3, 0.4) is 0 Å². The van der Waals surface area contributed by atoms with Crippen molar-refractivity contribution < 1.29 is 21.8 Å². The van der Waals surface area contributed by atoms with Crippen molar-refractivity contribution in [1.29, 1.82) is 0 Å². The van der Waals surface area contributed by atoms with Gasteiger partial charge in [0.05, 0.1) is 14.2 Å². The minimum Gasteiger partial charge on any atom is -0.492 e. The van der Waals surface area contributed by atoms with Crippen LogP contribution >= 0.6 is 11.3 Å². The molecule has 0 fully saturated rings. The second kappa shape index (κ2) is 3.51. The summed E-state index contributed by atoms with van der Waals surface area (Å²) in [4.78, 5) is 0. The third-order valence-corrected chi connectivity index (χ3v) is 3.57. The van der Waals surface area contributed by atoms with E-state index in [0.717, 1.165) is 11.3 Å². The molecule has 0 spiro atoms. The Kier molecular flexibility index (Phi) is 2.77. The highest BCUT2D eigenvalue weighted by Gasteiger charge is 2.24. The smallest absolute Gasteiger partial charge is 0.345 e. The van der Waals surface area contributed by atoms with Gasteiger partial charge in [-0.2, -0.15) is 8.42 Å². The van der Waals surface area contributed by atoms with E-state index in [1.165, 1.54) is 19.6 Å². The van der Waals surface area contributed by atoms with Crippen LogP contribution in [0, 0.1) is 0 Å². The van der Waals surface area contributed by atoms with Crippen molar-refractivity contribution in [2.75, 3.05) is 14.2 Å². The van der Waals surface area contributed by atoms with Crippen molar-refractivity contribution in [2.24, 2.45) is 0 Å². The molecule has 0 bridgehead atoms. The van der Waals surface area contributed by atoms with Crippen LogP contribution in [0.5, 0.6) is 11.5 Å². The summed E-state index contributed by atoms with van der Waals surface area (Å²) in [5, 5.41) is 1.37. The zero-order chi connectivity index (χ0) is 10.1. The lowest BCUT2D eigenvalue weighted by Crippen LogP contribution is -1.93. The molecule has 13 heavy (non-hydrogen) atoms. The summed E-state index contributed by atoms with van der Waals surface area (Å²) >= 11 is 0.719. The molecule has 0 amide bonds. The van der Waals surface area contributed by atoms with Gasteiger partial charge in [-0.05, 0) is 0 Å². The molecule has 0 radical (unpaired) electrons. The largest absolute Gasteiger partial charge is 0.492 e. The number of hydrogen-bond donors (Lipinski definition) is 0. The predicted octanol–water partition coefficient (Wildman–Crippen LogP) is 1.42. The fraction of sp³-hybridized carbons (Fsp3) is 0.333. The minimum atomic E-state index is -4.72. The van der Waals surface area contributed by atoms with Gasteiger partial charge in [-0.15, -0.1) is 11.3 Å². The monoisotopic (exact) mass is 226 g/mol. The molecule has 4 nitrogen and oxygen atoms in total. The first-order valence-electron chi connectivity index (χ1n) is 3.15. The summed E-state index contributed by atoms with van der Waals surface area (Å²) < 4.78 is 42.7. The van der Waals surface area contributed by atoms with Gasteiger partial charge in [-0.3, -0.25) is 0 Å². The average Bonchev–Trinajstić information content (AvgIpc) is 2.45.